The molecule has 0 saturated carbocycles. The minimum atomic E-state index is -4.22. The first-order valence-electron chi connectivity index (χ1n) is 8.93. The molecule has 4 aromatic rings. The van der Waals surface area contributed by atoms with Crippen molar-refractivity contribution in [1.29, 1.82) is 0 Å². The summed E-state index contributed by atoms with van der Waals surface area (Å²) in [7, 11) is -8.44. The molecule has 0 heterocycles. The molecule has 0 aliphatic heterocycles. The van der Waals surface area contributed by atoms with Crippen molar-refractivity contribution in [2.45, 2.75) is 11.5 Å². The molecule has 0 spiro atoms. The second-order valence-corrected chi connectivity index (χ2v) is 9.49. The zero-order valence-electron chi connectivity index (χ0n) is 17.8. The van der Waals surface area contributed by atoms with Crippen LogP contribution in [0.25, 0.3) is 21.5 Å². The van der Waals surface area contributed by atoms with Crippen LogP contribution in [0.4, 0.5) is 0 Å². The van der Waals surface area contributed by atoms with Crippen LogP contribution in [0.15, 0.2) is 84.9 Å². The Morgan fingerprint density at radius 1 is 0.500 bits per heavy atom. The summed E-state index contributed by atoms with van der Waals surface area (Å²) < 4.78 is 64.1. The first kappa shape index (κ1) is 29.3. The first-order valence-corrected chi connectivity index (χ1v) is 12.1. The number of rotatable bonds is 4. The van der Waals surface area contributed by atoms with Crippen molar-refractivity contribution in [2.24, 2.45) is 0 Å². The van der Waals surface area contributed by atoms with Crippen LogP contribution >= 0.6 is 0 Å². The molecule has 0 radical (unpaired) electrons. The summed E-state index contributed by atoms with van der Waals surface area (Å²) in [6.45, 7) is 0. The Hall–Kier alpha value is -0.780. The third-order valence-corrected chi connectivity index (χ3v) is 5.75. The van der Waals surface area contributed by atoms with Gasteiger partial charge < -0.3 is 9.11 Å². The SMILES string of the molecule is O=S(=O)([O-])Cc1cccc2ccccc12.O=S(=O)([O-])Cc1cccc2ccccc12.[Na+].[Na+]. The molecule has 0 bridgehead atoms. The Morgan fingerprint density at radius 3 is 1.16 bits per heavy atom. The summed E-state index contributed by atoms with van der Waals surface area (Å²) in [5, 5.41) is 3.52. The summed E-state index contributed by atoms with van der Waals surface area (Å²) in [5.41, 5.74) is 1.12. The quantitative estimate of drug-likeness (QED) is 0.238. The monoisotopic (exact) mass is 488 g/mol. The molecule has 4 rings (SSSR count). The number of benzene rings is 4. The van der Waals surface area contributed by atoms with Crippen molar-refractivity contribution in [1.82, 2.24) is 0 Å². The summed E-state index contributed by atoms with van der Waals surface area (Å²) in [5.74, 6) is -0.900. The van der Waals surface area contributed by atoms with E-state index in [9.17, 15) is 25.9 Å². The van der Waals surface area contributed by atoms with Gasteiger partial charge in [-0.25, -0.2) is 16.8 Å². The van der Waals surface area contributed by atoms with Crippen LogP contribution in [0.5, 0.6) is 0 Å². The fourth-order valence-corrected chi connectivity index (χ4v) is 4.48. The molecule has 0 saturated heterocycles. The second-order valence-electron chi connectivity index (χ2n) is 6.68. The van der Waals surface area contributed by atoms with E-state index in [0.29, 0.717) is 11.1 Å². The Morgan fingerprint density at radius 2 is 0.812 bits per heavy atom. The molecule has 10 heteroatoms. The minimum absolute atomic E-state index is 0. The van der Waals surface area contributed by atoms with E-state index in [1.54, 1.807) is 24.3 Å². The van der Waals surface area contributed by atoms with Gasteiger partial charge in [0, 0.05) is 0 Å². The topological polar surface area (TPSA) is 114 Å². The van der Waals surface area contributed by atoms with Crippen molar-refractivity contribution in [3.63, 3.8) is 0 Å². The first-order chi connectivity index (χ1) is 14.1. The Balaban J connectivity index is 0.000000301. The summed E-state index contributed by atoms with van der Waals surface area (Å²) >= 11 is 0. The molecular weight excluding hydrogens is 470 g/mol. The van der Waals surface area contributed by atoms with Gasteiger partial charge in [0.15, 0.2) is 0 Å². The molecule has 0 aliphatic carbocycles. The molecule has 0 unspecified atom stereocenters. The molecule has 0 aliphatic rings. The number of fused-ring (bicyclic) bond motifs is 2. The normalized spacial score (nSPS) is 11.1. The summed E-state index contributed by atoms with van der Waals surface area (Å²) in [6.07, 6.45) is 0. The molecule has 4 aromatic carbocycles. The average molecular weight is 488 g/mol. The van der Waals surface area contributed by atoms with Gasteiger partial charge in [-0.15, -0.1) is 0 Å². The number of hydrogen-bond donors (Lipinski definition) is 0. The van der Waals surface area contributed by atoms with E-state index in [0.717, 1.165) is 21.5 Å². The zero-order valence-corrected chi connectivity index (χ0v) is 23.4. The fourth-order valence-electron chi connectivity index (χ4n) is 3.22. The third kappa shape index (κ3) is 8.87. The van der Waals surface area contributed by atoms with E-state index < -0.39 is 31.7 Å². The van der Waals surface area contributed by atoms with E-state index in [1.165, 1.54) is 0 Å². The van der Waals surface area contributed by atoms with E-state index in [-0.39, 0.29) is 59.1 Å². The van der Waals surface area contributed by atoms with Crippen molar-refractivity contribution in [2.75, 3.05) is 0 Å². The molecule has 0 aromatic heterocycles. The number of hydrogen-bond acceptors (Lipinski definition) is 6. The molecule has 0 fully saturated rings. The largest absolute Gasteiger partial charge is 1.00 e. The van der Waals surface area contributed by atoms with Crippen LogP contribution in [0.1, 0.15) is 11.1 Å². The molecule has 32 heavy (non-hydrogen) atoms. The summed E-state index contributed by atoms with van der Waals surface area (Å²) in [4.78, 5) is 0. The van der Waals surface area contributed by atoms with Gasteiger partial charge in [-0.2, -0.15) is 0 Å². The maximum atomic E-state index is 10.7. The van der Waals surface area contributed by atoms with Crippen LogP contribution in [-0.4, -0.2) is 25.9 Å². The average Bonchev–Trinajstić information content (AvgIpc) is 2.67. The predicted molar refractivity (Wildman–Crippen MR) is 115 cm³/mol. The van der Waals surface area contributed by atoms with Crippen molar-refractivity contribution in [3.8, 4) is 0 Å². The minimum Gasteiger partial charge on any atom is -0.748 e. The van der Waals surface area contributed by atoms with Crippen LogP contribution in [0.3, 0.4) is 0 Å². The third-order valence-electron chi connectivity index (χ3n) is 4.42. The van der Waals surface area contributed by atoms with Crippen LogP contribution in [-0.2, 0) is 31.7 Å². The Labute approximate surface area is 232 Å². The van der Waals surface area contributed by atoms with Gasteiger partial charge in [0.2, 0.25) is 0 Å². The van der Waals surface area contributed by atoms with Gasteiger partial charge in [0.25, 0.3) is 0 Å². The predicted octanol–water partition coefficient (Wildman–Crippen LogP) is -2.22. The molecule has 6 nitrogen and oxygen atoms in total. The van der Waals surface area contributed by atoms with Gasteiger partial charge in [0.05, 0.1) is 31.7 Å². The van der Waals surface area contributed by atoms with Gasteiger partial charge in [0.1, 0.15) is 0 Å². The maximum Gasteiger partial charge on any atom is 1.00 e. The Kier molecular flexibility index (Phi) is 11.5. The second kappa shape index (κ2) is 12.6. The smallest absolute Gasteiger partial charge is 0.748 e. The molecule has 0 N–H and O–H groups in total. The summed E-state index contributed by atoms with van der Waals surface area (Å²) in [6, 6.07) is 25.4. The van der Waals surface area contributed by atoms with Gasteiger partial charge in [-0.1, -0.05) is 84.9 Å². The van der Waals surface area contributed by atoms with E-state index in [2.05, 4.69) is 0 Å². The van der Waals surface area contributed by atoms with Crippen molar-refractivity contribution < 1.29 is 85.1 Å². The molecule has 0 atom stereocenters. The van der Waals surface area contributed by atoms with Crippen molar-refractivity contribution in [3.05, 3.63) is 96.1 Å². The van der Waals surface area contributed by atoms with E-state index >= 15 is 0 Å². The van der Waals surface area contributed by atoms with Crippen LogP contribution < -0.4 is 59.1 Å². The fraction of sp³-hybridized carbons (Fsp3) is 0.0909. The zero-order chi connectivity index (χ0) is 21.8. The van der Waals surface area contributed by atoms with Crippen molar-refractivity contribution >= 4 is 41.8 Å². The van der Waals surface area contributed by atoms with Crippen LogP contribution in [0, 0.1) is 0 Å². The van der Waals surface area contributed by atoms with Gasteiger partial charge in [-0.05, 0) is 32.7 Å². The maximum absolute atomic E-state index is 10.7. The molecule has 0 amide bonds. The van der Waals surface area contributed by atoms with E-state index in [1.807, 2.05) is 60.7 Å². The standard InChI is InChI=1S/2C11H10O3S.2Na/c2*12-15(13,14)8-10-6-3-5-9-4-1-2-7-11(9)10;;/h2*1-7H,8H2,(H,12,13,14);;/q;;2*+1/p-2. The van der Waals surface area contributed by atoms with Gasteiger partial charge in [-0.3, -0.25) is 0 Å². The molecule has 156 valence electrons. The van der Waals surface area contributed by atoms with Crippen LogP contribution in [0.2, 0.25) is 0 Å². The Bertz CT molecular complexity index is 1280. The van der Waals surface area contributed by atoms with Gasteiger partial charge >= 0.3 is 59.1 Å². The molecular formula is C22H18Na2O6S2. The van der Waals surface area contributed by atoms with E-state index in [4.69, 9.17) is 0 Å².